The minimum atomic E-state index is -1.11. The Balaban J connectivity index is 1.94. The Morgan fingerprint density at radius 1 is 1.35 bits per heavy atom. The van der Waals surface area contributed by atoms with E-state index in [1.807, 2.05) is 30.3 Å². The van der Waals surface area contributed by atoms with Crippen LogP contribution < -0.4 is 5.73 Å². The van der Waals surface area contributed by atoms with E-state index in [0.29, 0.717) is 30.2 Å². The van der Waals surface area contributed by atoms with Crippen molar-refractivity contribution in [2.45, 2.75) is 19.0 Å². The summed E-state index contributed by atoms with van der Waals surface area (Å²) in [5.74, 6) is -1.44. The van der Waals surface area contributed by atoms with E-state index in [1.165, 1.54) is 18.2 Å². The Morgan fingerprint density at radius 3 is 2.77 bits per heavy atom. The van der Waals surface area contributed by atoms with Gasteiger partial charge in [0.25, 0.3) is 0 Å². The van der Waals surface area contributed by atoms with E-state index < -0.39 is 17.3 Å². The number of nitrogens with zero attached hydrogens (tertiary/aromatic N) is 1. The van der Waals surface area contributed by atoms with Crippen LogP contribution in [0.1, 0.15) is 18.1 Å². The zero-order valence-corrected chi connectivity index (χ0v) is 15.4. The number of ether oxygens (including phenoxy) is 1. The SMILES string of the molecule is CCOC(=O)[C@@H]1CN(Cc2ccccc2)C[C@@]1(N)c1cc(F)ccc1Cl. The molecule has 2 aromatic rings. The molecule has 2 atom stereocenters. The van der Waals surface area contributed by atoms with Gasteiger partial charge in [-0.3, -0.25) is 9.69 Å². The maximum absolute atomic E-state index is 13.8. The molecule has 0 spiro atoms. The highest BCUT2D eigenvalue weighted by Gasteiger charge is 2.50. The molecule has 1 heterocycles. The zero-order chi connectivity index (χ0) is 18.7. The molecule has 3 rings (SSSR count). The highest BCUT2D eigenvalue weighted by molar-refractivity contribution is 6.31. The van der Waals surface area contributed by atoms with Crippen LogP contribution in [0.4, 0.5) is 4.39 Å². The number of halogens is 2. The number of hydrogen-bond acceptors (Lipinski definition) is 4. The first-order valence-corrected chi connectivity index (χ1v) is 8.99. The minimum Gasteiger partial charge on any atom is -0.466 e. The van der Waals surface area contributed by atoms with Crippen molar-refractivity contribution in [2.75, 3.05) is 19.7 Å². The molecule has 2 N–H and O–H groups in total. The molecule has 1 fully saturated rings. The molecule has 0 aliphatic carbocycles. The average molecular weight is 377 g/mol. The van der Waals surface area contributed by atoms with Gasteiger partial charge in [-0.15, -0.1) is 0 Å². The van der Waals surface area contributed by atoms with Crippen LogP contribution in [-0.2, 0) is 21.6 Å². The Kier molecular flexibility index (Phi) is 5.61. The van der Waals surface area contributed by atoms with Gasteiger partial charge >= 0.3 is 5.97 Å². The third kappa shape index (κ3) is 3.75. The lowest BCUT2D eigenvalue weighted by Gasteiger charge is -2.30. The number of carbonyl (C=O) groups is 1. The number of hydrogen-bond donors (Lipinski definition) is 1. The van der Waals surface area contributed by atoms with Crippen molar-refractivity contribution in [1.29, 1.82) is 0 Å². The normalized spacial score (nSPS) is 23.2. The predicted octanol–water partition coefficient (Wildman–Crippen LogP) is 3.33. The fraction of sp³-hybridized carbons (Fsp3) is 0.350. The fourth-order valence-corrected chi connectivity index (χ4v) is 3.88. The highest BCUT2D eigenvalue weighted by atomic mass is 35.5. The second kappa shape index (κ2) is 7.74. The van der Waals surface area contributed by atoms with Gasteiger partial charge in [-0.25, -0.2) is 4.39 Å². The monoisotopic (exact) mass is 376 g/mol. The van der Waals surface area contributed by atoms with Crippen molar-refractivity contribution in [2.24, 2.45) is 11.7 Å². The van der Waals surface area contributed by atoms with Crippen LogP contribution in [0.3, 0.4) is 0 Å². The Labute approximate surface area is 157 Å². The molecule has 2 aromatic carbocycles. The third-order valence-electron chi connectivity index (χ3n) is 4.80. The van der Waals surface area contributed by atoms with Gasteiger partial charge in [0, 0.05) is 24.7 Å². The van der Waals surface area contributed by atoms with Crippen molar-refractivity contribution in [3.05, 3.63) is 70.5 Å². The summed E-state index contributed by atoms with van der Waals surface area (Å²) in [4.78, 5) is 14.6. The van der Waals surface area contributed by atoms with Crippen molar-refractivity contribution < 1.29 is 13.9 Å². The molecule has 0 radical (unpaired) electrons. The lowest BCUT2D eigenvalue weighted by atomic mass is 9.81. The molecule has 1 aliphatic rings. The van der Waals surface area contributed by atoms with Crippen molar-refractivity contribution in [3.63, 3.8) is 0 Å². The molecule has 138 valence electrons. The molecule has 1 aliphatic heterocycles. The summed E-state index contributed by atoms with van der Waals surface area (Å²) in [6.07, 6.45) is 0. The van der Waals surface area contributed by atoms with Gasteiger partial charge in [-0.1, -0.05) is 41.9 Å². The standard InChI is InChI=1S/C20H22ClFN2O2/c1-2-26-19(25)17-12-24(11-14-6-4-3-5-7-14)13-20(17,23)16-10-15(22)8-9-18(16)21/h3-10,17H,2,11-13,23H2,1H3/t17-,20+/m0/s1. The van der Waals surface area contributed by atoms with E-state index in [9.17, 15) is 9.18 Å². The van der Waals surface area contributed by atoms with Gasteiger partial charge in [0.1, 0.15) is 5.82 Å². The van der Waals surface area contributed by atoms with Crippen LogP contribution in [0.25, 0.3) is 0 Å². The summed E-state index contributed by atoms with van der Waals surface area (Å²) in [6.45, 7) is 3.47. The van der Waals surface area contributed by atoms with Crippen LogP contribution in [-0.4, -0.2) is 30.6 Å². The number of rotatable bonds is 5. The van der Waals surface area contributed by atoms with E-state index in [-0.39, 0.29) is 12.6 Å². The molecule has 0 bridgehead atoms. The zero-order valence-electron chi connectivity index (χ0n) is 14.6. The summed E-state index contributed by atoms with van der Waals surface area (Å²) in [5, 5.41) is 0.352. The van der Waals surface area contributed by atoms with E-state index in [2.05, 4.69) is 4.90 Å². The van der Waals surface area contributed by atoms with Crippen molar-refractivity contribution >= 4 is 17.6 Å². The molecular weight excluding hydrogens is 355 g/mol. The lowest BCUT2D eigenvalue weighted by Crippen LogP contribution is -2.48. The summed E-state index contributed by atoms with van der Waals surface area (Å²) in [7, 11) is 0. The Morgan fingerprint density at radius 2 is 2.08 bits per heavy atom. The lowest BCUT2D eigenvalue weighted by molar-refractivity contribution is -0.149. The average Bonchev–Trinajstić information content (AvgIpc) is 2.95. The van der Waals surface area contributed by atoms with Gasteiger partial charge in [0.2, 0.25) is 0 Å². The van der Waals surface area contributed by atoms with Gasteiger partial charge in [-0.2, -0.15) is 0 Å². The molecule has 6 heteroatoms. The Bertz CT molecular complexity index is 787. The van der Waals surface area contributed by atoms with Gasteiger partial charge in [0.15, 0.2) is 0 Å². The van der Waals surface area contributed by atoms with E-state index >= 15 is 0 Å². The topological polar surface area (TPSA) is 55.6 Å². The first-order chi connectivity index (χ1) is 12.4. The summed E-state index contributed by atoms with van der Waals surface area (Å²) >= 11 is 6.30. The van der Waals surface area contributed by atoms with E-state index in [4.69, 9.17) is 22.1 Å². The molecule has 0 aromatic heterocycles. The number of carbonyl (C=O) groups excluding carboxylic acids is 1. The first kappa shape index (κ1) is 18.8. The molecule has 4 nitrogen and oxygen atoms in total. The van der Waals surface area contributed by atoms with E-state index in [1.54, 1.807) is 6.92 Å². The van der Waals surface area contributed by atoms with Crippen LogP contribution in [0.15, 0.2) is 48.5 Å². The van der Waals surface area contributed by atoms with Gasteiger partial charge < -0.3 is 10.5 Å². The molecular formula is C20H22ClFN2O2. The largest absolute Gasteiger partial charge is 0.466 e. The fourth-order valence-electron chi connectivity index (χ4n) is 3.58. The molecule has 0 saturated carbocycles. The Hall–Kier alpha value is -1.95. The maximum atomic E-state index is 13.8. The van der Waals surface area contributed by atoms with Crippen LogP contribution in [0, 0.1) is 11.7 Å². The third-order valence-corrected chi connectivity index (χ3v) is 5.13. The van der Waals surface area contributed by atoms with Gasteiger partial charge in [-0.05, 0) is 36.2 Å². The maximum Gasteiger partial charge on any atom is 0.312 e. The second-order valence-corrected chi connectivity index (χ2v) is 7.03. The van der Waals surface area contributed by atoms with Crippen molar-refractivity contribution in [3.8, 4) is 0 Å². The number of likely N-dealkylation sites (tertiary alicyclic amines) is 1. The summed E-state index contributed by atoms with van der Waals surface area (Å²) in [5.41, 5.74) is 7.12. The highest BCUT2D eigenvalue weighted by Crippen LogP contribution is 2.39. The van der Waals surface area contributed by atoms with Gasteiger partial charge in [0.05, 0.1) is 18.1 Å². The number of nitrogens with two attached hydrogens (primary N) is 1. The minimum absolute atomic E-state index is 0.265. The summed E-state index contributed by atoms with van der Waals surface area (Å²) in [6, 6.07) is 14.0. The summed E-state index contributed by atoms with van der Waals surface area (Å²) < 4.78 is 19.1. The molecule has 1 saturated heterocycles. The van der Waals surface area contributed by atoms with Crippen molar-refractivity contribution in [1.82, 2.24) is 4.90 Å². The second-order valence-electron chi connectivity index (χ2n) is 6.62. The number of benzene rings is 2. The smallest absolute Gasteiger partial charge is 0.312 e. The number of esters is 1. The quantitative estimate of drug-likeness (QED) is 0.813. The molecule has 26 heavy (non-hydrogen) atoms. The van der Waals surface area contributed by atoms with Crippen LogP contribution in [0.5, 0.6) is 0 Å². The van der Waals surface area contributed by atoms with Crippen LogP contribution in [0.2, 0.25) is 5.02 Å². The molecule has 0 unspecified atom stereocenters. The van der Waals surface area contributed by atoms with E-state index in [0.717, 1.165) is 5.56 Å². The molecule has 0 amide bonds. The first-order valence-electron chi connectivity index (χ1n) is 8.61. The van der Waals surface area contributed by atoms with Crippen LogP contribution >= 0.6 is 11.6 Å². The predicted molar refractivity (Wildman–Crippen MR) is 99.1 cm³/mol.